The van der Waals surface area contributed by atoms with E-state index in [9.17, 15) is 14.9 Å². The molecule has 0 bridgehead atoms. The number of benzene rings is 2. The van der Waals surface area contributed by atoms with Crippen LogP contribution in [0.25, 0.3) is 6.08 Å². The second-order valence-electron chi connectivity index (χ2n) is 7.79. The molecule has 2 aromatic carbocycles. The highest BCUT2D eigenvalue weighted by Gasteiger charge is 2.36. The predicted octanol–water partition coefficient (Wildman–Crippen LogP) is 4.24. The summed E-state index contributed by atoms with van der Waals surface area (Å²) in [6.07, 6.45) is 4.86. The number of non-ortho nitro benzene ring substituents is 1. The summed E-state index contributed by atoms with van der Waals surface area (Å²) < 4.78 is 11.3. The number of hydrogen-bond donors (Lipinski definition) is 1. The second-order valence-corrected chi connectivity index (χ2v) is 8.75. The average molecular weight is 515 g/mol. The van der Waals surface area contributed by atoms with Crippen molar-refractivity contribution >= 4 is 45.5 Å². The molecule has 184 valence electrons. The van der Waals surface area contributed by atoms with Gasteiger partial charge in [0.05, 0.1) is 17.6 Å². The number of nitrogens with zero attached hydrogens (tertiary/aromatic N) is 5. The molecule has 0 atom stereocenters. The number of hydrazone groups is 1. The summed E-state index contributed by atoms with van der Waals surface area (Å²) in [6, 6.07) is 14.8. The Balaban J connectivity index is 1.34. The maximum absolute atomic E-state index is 12.7. The van der Waals surface area contributed by atoms with E-state index in [1.54, 1.807) is 54.9 Å². The van der Waals surface area contributed by atoms with E-state index in [2.05, 4.69) is 15.1 Å². The number of amidine groups is 2. The number of nitrogens with one attached hydrogen (secondary N) is 1. The smallest absolute Gasteiger partial charge is 0.283 e. The lowest BCUT2D eigenvalue weighted by Gasteiger charge is -2.20. The largest absolute Gasteiger partial charge is 0.493 e. The van der Waals surface area contributed by atoms with Gasteiger partial charge in [-0.3, -0.25) is 25.3 Å². The van der Waals surface area contributed by atoms with E-state index >= 15 is 0 Å². The average Bonchev–Trinajstić information content (AvgIpc) is 3.35. The monoisotopic (exact) mass is 514 g/mol. The number of rotatable bonds is 7. The topological polar surface area (TPSA) is 143 Å². The van der Waals surface area contributed by atoms with E-state index in [-0.39, 0.29) is 23.7 Å². The van der Waals surface area contributed by atoms with Crippen molar-refractivity contribution in [1.82, 2.24) is 9.99 Å². The van der Waals surface area contributed by atoms with Gasteiger partial charge in [0.2, 0.25) is 5.17 Å². The number of nitro benzene ring substituents is 1. The summed E-state index contributed by atoms with van der Waals surface area (Å²) in [5.41, 5.74) is 2.22. The van der Waals surface area contributed by atoms with Gasteiger partial charge in [0.1, 0.15) is 11.7 Å². The number of thioether (sulfide) groups is 1. The van der Waals surface area contributed by atoms with Crippen molar-refractivity contribution < 1.29 is 19.2 Å². The number of hydrogen-bond acceptors (Lipinski definition) is 9. The van der Waals surface area contributed by atoms with Gasteiger partial charge in [0, 0.05) is 30.1 Å². The van der Waals surface area contributed by atoms with Crippen LogP contribution in [0, 0.1) is 15.5 Å². The lowest BCUT2D eigenvalue weighted by atomic mass is 10.1. The number of nitro groups is 1. The van der Waals surface area contributed by atoms with Crippen LogP contribution in [0.15, 0.2) is 82.7 Å². The Labute approximate surface area is 214 Å². The number of fused-ring (bicyclic) bond motifs is 1. The van der Waals surface area contributed by atoms with Crippen LogP contribution < -0.4 is 9.47 Å². The van der Waals surface area contributed by atoms with E-state index in [0.717, 1.165) is 11.1 Å². The van der Waals surface area contributed by atoms with Crippen molar-refractivity contribution in [2.75, 3.05) is 7.11 Å². The first kappa shape index (κ1) is 23.9. The molecular weight excluding hydrogens is 496 g/mol. The lowest BCUT2D eigenvalue weighted by molar-refractivity contribution is -0.384. The molecule has 11 nitrogen and oxygen atoms in total. The van der Waals surface area contributed by atoms with Crippen LogP contribution in [0.2, 0.25) is 0 Å². The second kappa shape index (κ2) is 10.0. The fraction of sp³-hybridized carbons (Fsp3) is 0.0800. The van der Waals surface area contributed by atoms with E-state index in [4.69, 9.17) is 14.9 Å². The summed E-state index contributed by atoms with van der Waals surface area (Å²) in [5.74, 6) is 0.251. The number of amides is 1. The molecule has 0 fully saturated rings. The van der Waals surface area contributed by atoms with Crippen molar-refractivity contribution in [2.24, 2.45) is 10.1 Å². The predicted molar refractivity (Wildman–Crippen MR) is 139 cm³/mol. The fourth-order valence-electron chi connectivity index (χ4n) is 3.53. The molecule has 1 amide bonds. The Morgan fingerprint density at radius 3 is 2.68 bits per heavy atom. The van der Waals surface area contributed by atoms with Crippen molar-refractivity contribution in [1.29, 1.82) is 5.41 Å². The number of methoxy groups -OCH3 is 1. The third-order valence-corrected chi connectivity index (χ3v) is 6.36. The minimum Gasteiger partial charge on any atom is -0.493 e. The van der Waals surface area contributed by atoms with Crippen molar-refractivity contribution in [3.8, 4) is 11.5 Å². The molecule has 0 saturated heterocycles. The third-order valence-electron chi connectivity index (χ3n) is 5.40. The Hall–Kier alpha value is -4.84. The molecule has 12 heteroatoms. The Morgan fingerprint density at radius 2 is 1.97 bits per heavy atom. The minimum absolute atomic E-state index is 0.00418. The summed E-state index contributed by atoms with van der Waals surface area (Å²) in [6.45, 7) is 0.180. The molecule has 2 aliphatic heterocycles. The van der Waals surface area contributed by atoms with Gasteiger partial charge >= 0.3 is 0 Å². The molecule has 0 saturated carbocycles. The Kier molecular flexibility index (Phi) is 6.47. The van der Waals surface area contributed by atoms with Crippen LogP contribution in [0.4, 0.5) is 5.69 Å². The van der Waals surface area contributed by atoms with Gasteiger partial charge < -0.3 is 9.47 Å². The van der Waals surface area contributed by atoms with Crippen LogP contribution in [0.5, 0.6) is 11.5 Å². The third kappa shape index (κ3) is 4.95. The molecule has 1 N–H and O–H groups in total. The zero-order valence-electron chi connectivity index (χ0n) is 19.3. The molecule has 3 heterocycles. The number of carbonyl (C=O) groups excluding carboxylic acids is 1. The van der Waals surface area contributed by atoms with Crippen LogP contribution in [0.3, 0.4) is 0 Å². The first-order valence-electron chi connectivity index (χ1n) is 10.9. The number of aliphatic imine (C=N–C) groups is 1. The standard InChI is InChI=1S/C25H18N6O5S/c1-35-21-12-16(6-9-20(21)36-14-15-4-7-18(8-5-15)31(33)34)11-19-22(26)30-25(28-23(19)32)37-24(29-30)17-3-2-10-27-13-17/h2-13,26H,14H2,1H3/b19-11-,26-22?. The van der Waals surface area contributed by atoms with Gasteiger partial charge in [0.15, 0.2) is 17.3 Å². The van der Waals surface area contributed by atoms with Gasteiger partial charge in [-0.25, -0.2) is 0 Å². The molecule has 0 unspecified atom stereocenters. The Bertz CT molecular complexity index is 1500. The maximum atomic E-state index is 12.7. The summed E-state index contributed by atoms with van der Waals surface area (Å²) in [5, 5.41) is 26.1. The molecule has 0 spiro atoms. The highest BCUT2D eigenvalue weighted by atomic mass is 32.2. The molecular formula is C25H18N6O5S. The van der Waals surface area contributed by atoms with Gasteiger partial charge in [0.25, 0.3) is 11.6 Å². The van der Waals surface area contributed by atoms with E-state index < -0.39 is 10.8 Å². The molecule has 37 heavy (non-hydrogen) atoms. The van der Waals surface area contributed by atoms with E-state index in [1.807, 2.05) is 6.07 Å². The van der Waals surface area contributed by atoms with Crippen molar-refractivity contribution in [3.63, 3.8) is 0 Å². The van der Waals surface area contributed by atoms with Crippen LogP contribution in [0.1, 0.15) is 16.7 Å². The Morgan fingerprint density at radius 1 is 1.16 bits per heavy atom. The molecule has 3 aromatic rings. The van der Waals surface area contributed by atoms with Gasteiger partial charge in [-0.05, 0) is 65.4 Å². The summed E-state index contributed by atoms with van der Waals surface area (Å²) in [4.78, 5) is 31.3. The van der Waals surface area contributed by atoms with Crippen LogP contribution in [-0.4, -0.2) is 44.0 Å². The van der Waals surface area contributed by atoms with E-state index in [1.165, 1.54) is 36.0 Å². The number of carbonyl (C=O) groups is 1. The number of pyridine rings is 1. The highest BCUT2D eigenvalue weighted by molar-refractivity contribution is 8.27. The summed E-state index contributed by atoms with van der Waals surface area (Å²) in [7, 11) is 1.49. The molecule has 0 aliphatic carbocycles. The zero-order valence-corrected chi connectivity index (χ0v) is 20.1. The van der Waals surface area contributed by atoms with Crippen molar-refractivity contribution in [2.45, 2.75) is 6.61 Å². The molecule has 5 rings (SSSR count). The molecule has 1 aromatic heterocycles. The minimum atomic E-state index is -0.538. The maximum Gasteiger partial charge on any atom is 0.283 e. The van der Waals surface area contributed by atoms with Gasteiger partial charge in [-0.1, -0.05) is 6.07 Å². The number of ether oxygens (including phenoxy) is 2. The van der Waals surface area contributed by atoms with E-state index in [0.29, 0.717) is 27.3 Å². The fourth-order valence-corrected chi connectivity index (χ4v) is 4.41. The van der Waals surface area contributed by atoms with Gasteiger partial charge in [-0.15, -0.1) is 0 Å². The quantitative estimate of drug-likeness (QED) is 0.280. The van der Waals surface area contributed by atoms with Crippen LogP contribution in [-0.2, 0) is 11.4 Å². The van der Waals surface area contributed by atoms with Crippen molar-refractivity contribution in [3.05, 3.63) is 99.4 Å². The van der Waals surface area contributed by atoms with Gasteiger partial charge in [-0.2, -0.15) is 15.1 Å². The SMILES string of the molecule is COc1cc(/C=C2/C(=N)N3N=C(c4cccnc4)SC3=NC2=O)ccc1OCc1ccc([N+](=O)[O-])cc1. The van der Waals surface area contributed by atoms with Crippen LogP contribution >= 0.6 is 11.8 Å². The molecule has 0 radical (unpaired) electrons. The first-order chi connectivity index (χ1) is 17.9. The first-order valence-corrected chi connectivity index (χ1v) is 11.7. The highest BCUT2D eigenvalue weighted by Crippen LogP contribution is 2.33. The molecule has 2 aliphatic rings. The normalized spacial score (nSPS) is 15.8. The lowest BCUT2D eigenvalue weighted by Crippen LogP contribution is -2.35. The zero-order chi connectivity index (χ0) is 25.9. The summed E-state index contributed by atoms with van der Waals surface area (Å²) >= 11 is 1.20. The number of aromatic nitrogens is 1.